The molecule has 24 heavy (non-hydrogen) atoms. The molecule has 3 rings (SSSR count). The van der Waals surface area contributed by atoms with E-state index in [1.54, 1.807) is 19.1 Å². The van der Waals surface area contributed by atoms with Crippen LogP contribution in [0.2, 0.25) is 0 Å². The van der Waals surface area contributed by atoms with Crippen molar-refractivity contribution in [2.24, 2.45) is 0 Å². The summed E-state index contributed by atoms with van der Waals surface area (Å²) < 4.78 is 21.4. The average Bonchev–Trinajstić information content (AvgIpc) is 2.56. The van der Waals surface area contributed by atoms with Gasteiger partial charge in [0.2, 0.25) is 5.75 Å². The Hall–Kier alpha value is -1.42. The van der Waals surface area contributed by atoms with Crippen LogP contribution in [0.3, 0.4) is 0 Å². The van der Waals surface area contributed by atoms with Crippen LogP contribution in [-0.2, 0) is 9.09 Å². The van der Waals surface area contributed by atoms with Gasteiger partial charge < -0.3 is 6.53 Å². The summed E-state index contributed by atoms with van der Waals surface area (Å²) in [4.78, 5) is 0. The molecule has 0 bridgehead atoms. The third-order valence-electron chi connectivity index (χ3n) is 3.47. The third-order valence-corrected chi connectivity index (χ3v) is 4.28. The van der Waals surface area contributed by atoms with Crippen molar-refractivity contribution < 1.29 is 49.7 Å². The van der Waals surface area contributed by atoms with Crippen LogP contribution in [-0.4, -0.2) is 11.7 Å². The van der Waals surface area contributed by atoms with E-state index in [0.717, 1.165) is 21.9 Å². The summed E-state index contributed by atoms with van der Waals surface area (Å²) in [5, 5.41) is 12.4. The van der Waals surface area contributed by atoms with Crippen LogP contribution in [0.4, 0.5) is 0 Å². The first-order chi connectivity index (χ1) is 11.2. The Kier molecular flexibility index (Phi) is 6.79. The SMILES string of the molecule is CCO[P+](=O)Oc1ccc(-c2cccc3ccccc23)cc1O.[H-].[Na+]. The van der Waals surface area contributed by atoms with Crippen molar-refractivity contribution >= 4 is 19.0 Å². The molecule has 0 heterocycles. The predicted molar refractivity (Wildman–Crippen MR) is 92.0 cm³/mol. The molecule has 0 aromatic heterocycles. The molecular weight excluding hydrogens is 334 g/mol. The van der Waals surface area contributed by atoms with Crippen LogP contribution in [0.25, 0.3) is 21.9 Å². The normalized spacial score (nSPS) is 11.0. The second-order valence-corrected chi connectivity index (χ2v) is 5.83. The van der Waals surface area contributed by atoms with Gasteiger partial charge in [0, 0.05) is 4.57 Å². The minimum absolute atomic E-state index is 0. The first-order valence-corrected chi connectivity index (χ1v) is 8.38. The van der Waals surface area contributed by atoms with E-state index >= 15 is 0 Å². The second kappa shape index (κ2) is 8.61. The molecular formula is C18H17NaO4P+. The molecule has 0 aliphatic carbocycles. The van der Waals surface area contributed by atoms with Gasteiger partial charge >= 0.3 is 37.8 Å². The molecule has 3 aromatic rings. The summed E-state index contributed by atoms with van der Waals surface area (Å²) in [5.74, 6) is 0.0713. The zero-order valence-corrected chi connectivity index (χ0v) is 16.5. The molecule has 4 nitrogen and oxygen atoms in total. The number of hydrogen-bond donors (Lipinski definition) is 1. The maximum atomic E-state index is 11.5. The van der Waals surface area contributed by atoms with Crippen LogP contribution in [0.5, 0.6) is 11.5 Å². The molecule has 1 atom stereocenters. The molecule has 0 spiro atoms. The van der Waals surface area contributed by atoms with Crippen LogP contribution < -0.4 is 34.1 Å². The molecule has 0 saturated heterocycles. The topological polar surface area (TPSA) is 55.8 Å². The van der Waals surface area contributed by atoms with Crippen molar-refractivity contribution in [1.29, 1.82) is 0 Å². The van der Waals surface area contributed by atoms with Gasteiger partial charge in [0.05, 0.1) is 0 Å². The van der Waals surface area contributed by atoms with Crippen molar-refractivity contribution in [2.75, 3.05) is 6.61 Å². The Bertz CT molecular complexity index is 867. The summed E-state index contributed by atoms with van der Waals surface area (Å²) >= 11 is 0. The number of aromatic hydroxyl groups is 1. The Morgan fingerprint density at radius 1 is 1.08 bits per heavy atom. The van der Waals surface area contributed by atoms with Gasteiger partial charge in [-0.25, -0.2) is 4.52 Å². The number of phenols is 1. The predicted octanol–water partition coefficient (Wildman–Crippen LogP) is 2.40. The van der Waals surface area contributed by atoms with Gasteiger partial charge in [0.15, 0.2) is 5.75 Å². The van der Waals surface area contributed by atoms with E-state index in [1.807, 2.05) is 48.5 Å². The van der Waals surface area contributed by atoms with Gasteiger partial charge in [0.1, 0.15) is 6.61 Å². The number of rotatable bonds is 5. The molecule has 3 aromatic carbocycles. The third kappa shape index (κ3) is 4.15. The molecule has 0 aliphatic rings. The van der Waals surface area contributed by atoms with Gasteiger partial charge in [-0.05, 0) is 41.0 Å². The molecule has 118 valence electrons. The molecule has 6 heteroatoms. The van der Waals surface area contributed by atoms with Crippen molar-refractivity contribution in [1.82, 2.24) is 0 Å². The van der Waals surface area contributed by atoms with Crippen LogP contribution in [0, 0.1) is 0 Å². The first-order valence-electron chi connectivity index (χ1n) is 7.28. The van der Waals surface area contributed by atoms with E-state index in [4.69, 9.17) is 9.05 Å². The maximum Gasteiger partial charge on any atom is 1.00 e. The average molecular weight is 351 g/mol. The fourth-order valence-corrected chi connectivity index (χ4v) is 3.03. The number of benzene rings is 3. The summed E-state index contributed by atoms with van der Waals surface area (Å²) in [6.07, 6.45) is 0. The smallest absolute Gasteiger partial charge is 1.00 e. The summed E-state index contributed by atoms with van der Waals surface area (Å²) in [6.45, 7) is 2.00. The molecule has 0 fully saturated rings. The van der Waals surface area contributed by atoms with E-state index in [-0.39, 0.29) is 49.1 Å². The van der Waals surface area contributed by atoms with Gasteiger partial charge in [0.25, 0.3) is 0 Å². The van der Waals surface area contributed by atoms with Crippen molar-refractivity contribution in [3.63, 3.8) is 0 Å². The fourth-order valence-electron chi connectivity index (χ4n) is 2.45. The van der Waals surface area contributed by atoms with Gasteiger partial charge in [-0.1, -0.05) is 48.5 Å². The Balaban J connectivity index is 0.00000156. The molecule has 1 unspecified atom stereocenters. The summed E-state index contributed by atoms with van der Waals surface area (Å²) in [7, 11) is -2.28. The van der Waals surface area contributed by atoms with Crippen molar-refractivity contribution in [3.05, 3.63) is 60.7 Å². The van der Waals surface area contributed by atoms with E-state index in [2.05, 4.69) is 0 Å². The van der Waals surface area contributed by atoms with Crippen molar-refractivity contribution in [3.8, 4) is 22.6 Å². The Morgan fingerprint density at radius 3 is 2.58 bits per heavy atom. The zero-order valence-electron chi connectivity index (χ0n) is 14.6. The summed E-state index contributed by atoms with van der Waals surface area (Å²) in [5.41, 5.74) is 1.87. The van der Waals surface area contributed by atoms with Gasteiger partial charge in [-0.3, -0.25) is 0 Å². The maximum absolute atomic E-state index is 11.5. The molecule has 0 amide bonds. The zero-order chi connectivity index (χ0) is 16.2. The summed E-state index contributed by atoms with van der Waals surface area (Å²) in [6, 6.07) is 19.1. The Morgan fingerprint density at radius 2 is 1.83 bits per heavy atom. The van der Waals surface area contributed by atoms with Crippen molar-refractivity contribution in [2.45, 2.75) is 6.92 Å². The minimum Gasteiger partial charge on any atom is -1.00 e. The number of hydrogen-bond acceptors (Lipinski definition) is 4. The van der Waals surface area contributed by atoms with E-state index in [9.17, 15) is 9.67 Å². The Labute approximate surface area is 165 Å². The van der Waals surface area contributed by atoms with Crippen LogP contribution in [0.1, 0.15) is 8.35 Å². The standard InChI is InChI=1S/C18H15O4P.Na.H/c1-2-21-23(20)22-18-11-10-14(12-17(18)19)16-9-5-7-13-6-3-4-8-15(13)16;;/h3-12H,2H2,1H3;;/q;+1;-1/p+1. The quantitative estimate of drug-likeness (QED) is 0.567. The van der Waals surface area contributed by atoms with Crippen LogP contribution >= 0.6 is 8.25 Å². The number of phenolic OH excluding ortho intramolecular Hbond substituents is 1. The van der Waals surface area contributed by atoms with E-state index in [1.165, 1.54) is 0 Å². The first kappa shape index (κ1) is 18.9. The molecule has 1 N–H and O–H groups in total. The fraction of sp³-hybridized carbons (Fsp3) is 0.111. The van der Waals surface area contributed by atoms with Gasteiger partial charge in [-0.15, -0.1) is 4.52 Å². The van der Waals surface area contributed by atoms with E-state index in [0.29, 0.717) is 0 Å². The minimum atomic E-state index is -2.28. The molecule has 0 saturated carbocycles. The number of fused-ring (bicyclic) bond motifs is 1. The molecule has 0 aliphatic heterocycles. The van der Waals surface area contributed by atoms with Gasteiger partial charge in [-0.2, -0.15) is 0 Å². The monoisotopic (exact) mass is 351 g/mol. The molecule has 0 radical (unpaired) electrons. The second-order valence-electron chi connectivity index (χ2n) is 4.94. The largest absolute Gasteiger partial charge is 1.00 e. The van der Waals surface area contributed by atoms with Crippen LogP contribution in [0.15, 0.2) is 60.7 Å². The van der Waals surface area contributed by atoms with E-state index < -0.39 is 8.25 Å².